The number of nitrogens with two attached hydrogens (primary N) is 1. The van der Waals surface area contributed by atoms with Crippen LogP contribution in [-0.4, -0.2) is 26.7 Å². The van der Waals surface area contributed by atoms with Gasteiger partial charge in [0.15, 0.2) is 0 Å². The molecule has 0 aromatic heterocycles. The van der Waals surface area contributed by atoms with Crippen LogP contribution in [-0.2, 0) is 10.0 Å². The Morgan fingerprint density at radius 2 is 2.00 bits per heavy atom. The minimum atomic E-state index is -3.79. The second-order valence-corrected chi connectivity index (χ2v) is 5.83. The van der Waals surface area contributed by atoms with Gasteiger partial charge in [0.25, 0.3) is 0 Å². The highest BCUT2D eigenvalue weighted by atomic mass is 35.5. The number of hydrogen-bond acceptors (Lipinski definition) is 4. The Labute approximate surface area is 110 Å². The highest BCUT2D eigenvalue weighted by Crippen LogP contribution is 2.30. The monoisotopic (exact) mass is 298 g/mol. The fourth-order valence-electron chi connectivity index (χ4n) is 1.22. The fourth-order valence-corrected chi connectivity index (χ4v) is 3.28. The Hall–Kier alpha value is -0.530. The number of rotatable bonds is 5. The predicted molar refractivity (Wildman–Crippen MR) is 67.8 cm³/mol. The number of aliphatic hydroxyl groups is 1. The lowest BCUT2D eigenvalue weighted by Gasteiger charge is -2.10. The molecule has 0 saturated heterocycles. The van der Waals surface area contributed by atoms with E-state index in [0.717, 1.165) is 0 Å². The van der Waals surface area contributed by atoms with Gasteiger partial charge in [-0.3, -0.25) is 0 Å². The molecule has 1 aromatic carbocycles. The lowest BCUT2D eigenvalue weighted by molar-refractivity contribution is 0.289. The Balaban J connectivity index is 3.07. The van der Waals surface area contributed by atoms with Gasteiger partial charge in [-0.05, 0) is 18.6 Å². The van der Waals surface area contributed by atoms with Gasteiger partial charge in [-0.25, -0.2) is 13.1 Å². The van der Waals surface area contributed by atoms with Crippen LogP contribution in [0.4, 0.5) is 5.69 Å². The van der Waals surface area contributed by atoms with Crippen LogP contribution in [0.2, 0.25) is 10.0 Å². The molecule has 17 heavy (non-hydrogen) atoms. The first-order chi connectivity index (χ1) is 7.88. The van der Waals surface area contributed by atoms with Crippen molar-refractivity contribution in [3.8, 4) is 0 Å². The Kier molecular flexibility index (Phi) is 5.03. The van der Waals surface area contributed by atoms with Crippen LogP contribution >= 0.6 is 23.2 Å². The molecule has 0 bridgehead atoms. The average molecular weight is 299 g/mol. The van der Waals surface area contributed by atoms with Gasteiger partial charge in [0.05, 0.1) is 10.7 Å². The molecular formula is C9H12Cl2N2O3S. The van der Waals surface area contributed by atoms with Crippen molar-refractivity contribution in [2.45, 2.75) is 11.3 Å². The van der Waals surface area contributed by atoms with Crippen LogP contribution in [0, 0.1) is 0 Å². The first kappa shape index (κ1) is 14.5. The van der Waals surface area contributed by atoms with E-state index in [2.05, 4.69) is 4.72 Å². The Bertz CT molecular complexity index is 482. The summed E-state index contributed by atoms with van der Waals surface area (Å²) in [4.78, 5) is -0.193. The molecule has 8 heteroatoms. The number of nitrogens with one attached hydrogen (secondary N) is 1. The molecule has 0 aliphatic carbocycles. The smallest absolute Gasteiger partial charge is 0.244 e. The summed E-state index contributed by atoms with van der Waals surface area (Å²) in [6.07, 6.45) is 0.310. The molecule has 0 spiro atoms. The summed E-state index contributed by atoms with van der Waals surface area (Å²) in [6.45, 7) is 0.00355. The molecule has 0 radical (unpaired) electrons. The molecule has 0 aliphatic rings. The van der Waals surface area contributed by atoms with Gasteiger partial charge in [-0.1, -0.05) is 23.2 Å². The molecule has 0 fully saturated rings. The minimum Gasteiger partial charge on any atom is -0.398 e. The van der Waals surface area contributed by atoms with E-state index in [1.54, 1.807) is 0 Å². The Morgan fingerprint density at radius 3 is 2.53 bits per heavy atom. The van der Waals surface area contributed by atoms with Gasteiger partial charge in [0.2, 0.25) is 10.0 Å². The van der Waals surface area contributed by atoms with Crippen molar-refractivity contribution in [1.29, 1.82) is 0 Å². The summed E-state index contributed by atoms with van der Waals surface area (Å²) in [7, 11) is -3.79. The third kappa shape index (κ3) is 3.72. The van der Waals surface area contributed by atoms with Crippen LogP contribution in [0.1, 0.15) is 6.42 Å². The van der Waals surface area contributed by atoms with E-state index in [4.69, 9.17) is 34.0 Å². The van der Waals surface area contributed by atoms with E-state index in [0.29, 0.717) is 6.42 Å². The highest BCUT2D eigenvalue weighted by Gasteiger charge is 2.21. The number of hydrogen-bond donors (Lipinski definition) is 3. The highest BCUT2D eigenvalue weighted by molar-refractivity contribution is 7.89. The van der Waals surface area contributed by atoms with Crippen molar-refractivity contribution in [3.63, 3.8) is 0 Å². The van der Waals surface area contributed by atoms with Crippen molar-refractivity contribution in [2.24, 2.45) is 0 Å². The van der Waals surface area contributed by atoms with Gasteiger partial charge in [-0.15, -0.1) is 0 Å². The number of benzene rings is 1. The fraction of sp³-hybridized carbons (Fsp3) is 0.333. The van der Waals surface area contributed by atoms with E-state index >= 15 is 0 Å². The van der Waals surface area contributed by atoms with E-state index in [1.807, 2.05) is 0 Å². The molecule has 4 N–H and O–H groups in total. The third-order valence-corrected chi connectivity index (χ3v) is 4.14. The van der Waals surface area contributed by atoms with Gasteiger partial charge >= 0.3 is 0 Å². The predicted octanol–water partition coefficient (Wildman–Crippen LogP) is 1.24. The van der Waals surface area contributed by atoms with Crippen LogP contribution in [0.5, 0.6) is 0 Å². The summed E-state index contributed by atoms with van der Waals surface area (Å²) in [5.74, 6) is 0. The quantitative estimate of drug-likeness (QED) is 0.563. The summed E-state index contributed by atoms with van der Waals surface area (Å²) in [5.41, 5.74) is 5.56. The van der Waals surface area contributed by atoms with Crippen LogP contribution in [0.3, 0.4) is 0 Å². The van der Waals surface area contributed by atoms with Crippen molar-refractivity contribution in [2.75, 3.05) is 18.9 Å². The van der Waals surface area contributed by atoms with Gasteiger partial charge in [-0.2, -0.15) is 0 Å². The molecule has 1 aromatic rings. The molecule has 5 nitrogen and oxygen atoms in total. The largest absolute Gasteiger partial charge is 0.398 e. The molecule has 0 unspecified atom stereocenters. The number of halogens is 2. The van der Waals surface area contributed by atoms with E-state index in [9.17, 15) is 8.42 Å². The number of aliphatic hydroxyl groups excluding tert-OH is 1. The number of nitrogen functional groups attached to an aromatic ring is 1. The van der Waals surface area contributed by atoms with E-state index in [-0.39, 0.29) is 33.8 Å². The van der Waals surface area contributed by atoms with Gasteiger partial charge < -0.3 is 10.8 Å². The van der Waals surface area contributed by atoms with Gasteiger partial charge in [0, 0.05) is 18.2 Å². The summed E-state index contributed by atoms with van der Waals surface area (Å²) >= 11 is 11.5. The average Bonchev–Trinajstić information content (AvgIpc) is 2.15. The van der Waals surface area contributed by atoms with Crippen molar-refractivity contribution < 1.29 is 13.5 Å². The summed E-state index contributed by atoms with van der Waals surface area (Å²) in [6, 6.07) is 2.62. The summed E-state index contributed by atoms with van der Waals surface area (Å²) < 4.78 is 26.0. The number of anilines is 1. The van der Waals surface area contributed by atoms with Crippen molar-refractivity contribution >= 4 is 38.9 Å². The molecular weight excluding hydrogens is 287 g/mol. The third-order valence-electron chi connectivity index (χ3n) is 1.93. The standard InChI is InChI=1S/C9H12Cl2N2O3S/c10-6-4-7(11)9(8(12)5-6)17(15,16)13-2-1-3-14/h4-5,13-14H,1-3,12H2. The van der Waals surface area contributed by atoms with E-state index < -0.39 is 10.0 Å². The van der Waals surface area contributed by atoms with E-state index in [1.165, 1.54) is 12.1 Å². The second kappa shape index (κ2) is 5.88. The van der Waals surface area contributed by atoms with Crippen LogP contribution in [0.15, 0.2) is 17.0 Å². The van der Waals surface area contributed by atoms with Crippen LogP contribution in [0.25, 0.3) is 0 Å². The molecule has 0 saturated carbocycles. The molecule has 96 valence electrons. The molecule has 1 rings (SSSR count). The maximum Gasteiger partial charge on any atom is 0.244 e. The first-order valence-corrected chi connectivity index (χ1v) is 6.97. The molecule has 0 amide bonds. The first-order valence-electron chi connectivity index (χ1n) is 4.73. The van der Waals surface area contributed by atoms with Crippen molar-refractivity contribution in [3.05, 3.63) is 22.2 Å². The minimum absolute atomic E-state index is 0.0148. The Morgan fingerprint density at radius 1 is 1.35 bits per heavy atom. The van der Waals surface area contributed by atoms with Gasteiger partial charge in [0.1, 0.15) is 4.90 Å². The lowest BCUT2D eigenvalue weighted by atomic mass is 10.3. The topological polar surface area (TPSA) is 92.4 Å². The number of sulfonamides is 1. The lowest BCUT2D eigenvalue weighted by Crippen LogP contribution is -2.26. The molecule has 0 heterocycles. The SMILES string of the molecule is Nc1cc(Cl)cc(Cl)c1S(=O)(=O)NCCCO. The second-order valence-electron chi connectivity index (χ2n) is 3.28. The zero-order chi connectivity index (χ0) is 13.1. The zero-order valence-corrected chi connectivity index (χ0v) is 11.1. The van der Waals surface area contributed by atoms with Crippen LogP contribution < -0.4 is 10.5 Å². The maximum atomic E-state index is 11.9. The zero-order valence-electron chi connectivity index (χ0n) is 8.78. The molecule has 0 atom stereocenters. The normalized spacial score (nSPS) is 11.7. The summed E-state index contributed by atoms with van der Waals surface area (Å²) in [5, 5.41) is 8.81. The van der Waals surface area contributed by atoms with Crippen molar-refractivity contribution in [1.82, 2.24) is 4.72 Å². The maximum absolute atomic E-state index is 11.9. The molecule has 0 aliphatic heterocycles.